The standard InChI is InChI=1S/C10H12ClN5/c1-7(8-3-6-16(2)15-8)14-10-9(11)12-4-5-13-10/h3-7H,1-2H3,(H,13,14). The lowest BCUT2D eigenvalue weighted by atomic mass is 10.2. The number of hydrogen-bond donors (Lipinski definition) is 1. The number of aromatic nitrogens is 4. The molecule has 2 aromatic rings. The molecule has 0 amide bonds. The van der Waals surface area contributed by atoms with Gasteiger partial charge in [0.15, 0.2) is 11.0 Å². The van der Waals surface area contributed by atoms with Crippen LogP contribution in [0, 0.1) is 0 Å². The highest BCUT2D eigenvalue weighted by Gasteiger charge is 2.10. The highest BCUT2D eigenvalue weighted by atomic mass is 35.5. The molecule has 1 N–H and O–H groups in total. The average molecular weight is 238 g/mol. The molecular formula is C10H12ClN5. The Morgan fingerprint density at radius 2 is 2.12 bits per heavy atom. The van der Waals surface area contributed by atoms with E-state index in [1.807, 2.05) is 26.2 Å². The van der Waals surface area contributed by atoms with Crippen molar-refractivity contribution in [3.8, 4) is 0 Å². The van der Waals surface area contributed by atoms with Gasteiger partial charge in [-0.15, -0.1) is 0 Å². The number of anilines is 1. The molecule has 1 unspecified atom stereocenters. The molecule has 0 spiro atoms. The largest absolute Gasteiger partial charge is 0.359 e. The van der Waals surface area contributed by atoms with Gasteiger partial charge in [0.05, 0.1) is 11.7 Å². The molecule has 0 bridgehead atoms. The van der Waals surface area contributed by atoms with Gasteiger partial charge >= 0.3 is 0 Å². The molecule has 0 saturated carbocycles. The van der Waals surface area contributed by atoms with Crippen LogP contribution in [0.15, 0.2) is 24.7 Å². The van der Waals surface area contributed by atoms with Gasteiger partial charge in [-0.05, 0) is 13.0 Å². The molecule has 0 aliphatic heterocycles. The van der Waals surface area contributed by atoms with Crippen LogP contribution in [0.4, 0.5) is 5.82 Å². The van der Waals surface area contributed by atoms with Crippen molar-refractivity contribution in [2.75, 3.05) is 5.32 Å². The first-order chi connectivity index (χ1) is 7.66. The van der Waals surface area contributed by atoms with E-state index in [4.69, 9.17) is 11.6 Å². The van der Waals surface area contributed by atoms with Crippen molar-refractivity contribution < 1.29 is 0 Å². The van der Waals surface area contributed by atoms with Crippen molar-refractivity contribution in [1.29, 1.82) is 0 Å². The predicted octanol–water partition coefficient (Wildman–Crippen LogP) is 2.04. The van der Waals surface area contributed by atoms with Gasteiger partial charge in [-0.3, -0.25) is 4.68 Å². The summed E-state index contributed by atoms with van der Waals surface area (Å²) in [5.74, 6) is 0.572. The lowest BCUT2D eigenvalue weighted by Crippen LogP contribution is -2.09. The summed E-state index contributed by atoms with van der Waals surface area (Å²) in [7, 11) is 1.88. The lowest BCUT2D eigenvalue weighted by Gasteiger charge is -2.12. The summed E-state index contributed by atoms with van der Waals surface area (Å²) in [4.78, 5) is 8.06. The smallest absolute Gasteiger partial charge is 0.171 e. The Morgan fingerprint density at radius 3 is 2.75 bits per heavy atom. The molecule has 6 heteroatoms. The minimum atomic E-state index is 0.0374. The summed E-state index contributed by atoms with van der Waals surface area (Å²) in [6.07, 6.45) is 5.05. The molecule has 0 aliphatic rings. The Morgan fingerprint density at radius 1 is 1.38 bits per heavy atom. The highest BCUT2D eigenvalue weighted by molar-refractivity contribution is 6.31. The maximum Gasteiger partial charge on any atom is 0.171 e. The fourth-order valence-electron chi connectivity index (χ4n) is 1.36. The number of nitrogens with one attached hydrogen (secondary N) is 1. The van der Waals surface area contributed by atoms with Crippen LogP contribution in [-0.2, 0) is 7.05 Å². The molecule has 5 nitrogen and oxygen atoms in total. The third-order valence-electron chi connectivity index (χ3n) is 2.18. The van der Waals surface area contributed by atoms with Crippen LogP contribution < -0.4 is 5.32 Å². The first kappa shape index (κ1) is 10.9. The van der Waals surface area contributed by atoms with E-state index < -0.39 is 0 Å². The summed E-state index contributed by atoms with van der Waals surface area (Å²) in [6, 6.07) is 1.98. The fourth-order valence-corrected chi connectivity index (χ4v) is 1.52. The quantitative estimate of drug-likeness (QED) is 0.888. The molecule has 1 atom stereocenters. The molecular weight excluding hydrogens is 226 g/mol. The van der Waals surface area contributed by atoms with Crippen LogP contribution in [0.2, 0.25) is 5.15 Å². The summed E-state index contributed by atoms with van der Waals surface area (Å²) in [6.45, 7) is 1.99. The fraction of sp³-hybridized carbons (Fsp3) is 0.300. The van der Waals surface area contributed by atoms with Crippen molar-refractivity contribution in [2.45, 2.75) is 13.0 Å². The van der Waals surface area contributed by atoms with E-state index in [2.05, 4.69) is 20.4 Å². The normalized spacial score (nSPS) is 12.4. The Labute approximate surface area is 98.5 Å². The Balaban J connectivity index is 2.13. The highest BCUT2D eigenvalue weighted by Crippen LogP contribution is 2.20. The van der Waals surface area contributed by atoms with E-state index >= 15 is 0 Å². The maximum atomic E-state index is 5.90. The summed E-state index contributed by atoms with van der Waals surface area (Å²) in [5, 5.41) is 7.82. The maximum absolute atomic E-state index is 5.90. The molecule has 2 heterocycles. The zero-order valence-corrected chi connectivity index (χ0v) is 9.81. The summed E-state index contributed by atoms with van der Waals surface area (Å²) in [5.41, 5.74) is 0.934. The van der Waals surface area contributed by atoms with E-state index in [1.54, 1.807) is 17.1 Å². The molecule has 0 aliphatic carbocycles. The molecule has 0 fully saturated rings. The zero-order chi connectivity index (χ0) is 11.5. The molecule has 0 aromatic carbocycles. The van der Waals surface area contributed by atoms with Gasteiger partial charge in [0.1, 0.15) is 0 Å². The van der Waals surface area contributed by atoms with Gasteiger partial charge in [-0.1, -0.05) is 11.6 Å². The second-order valence-corrected chi connectivity index (χ2v) is 3.83. The average Bonchev–Trinajstić information content (AvgIpc) is 2.68. The second-order valence-electron chi connectivity index (χ2n) is 3.48. The van der Waals surface area contributed by atoms with Gasteiger partial charge in [-0.2, -0.15) is 5.10 Å². The van der Waals surface area contributed by atoms with E-state index in [9.17, 15) is 0 Å². The summed E-state index contributed by atoms with van der Waals surface area (Å²) < 4.78 is 1.76. The van der Waals surface area contributed by atoms with Gasteiger partial charge in [0.25, 0.3) is 0 Å². The number of rotatable bonds is 3. The SMILES string of the molecule is CC(Nc1nccnc1Cl)c1ccn(C)n1. The van der Waals surface area contributed by atoms with Crippen molar-refractivity contribution in [3.05, 3.63) is 35.5 Å². The van der Waals surface area contributed by atoms with Gasteiger partial charge < -0.3 is 5.32 Å². The monoisotopic (exact) mass is 237 g/mol. The molecule has 16 heavy (non-hydrogen) atoms. The van der Waals surface area contributed by atoms with Gasteiger partial charge in [-0.25, -0.2) is 9.97 Å². The van der Waals surface area contributed by atoms with Crippen molar-refractivity contribution >= 4 is 17.4 Å². The molecule has 2 aromatic heterocycles. The van der Waals surface area contributed by atoms with Crippen LogP contribution in [0.25, 0.3) is 0 Å². The molecule has 0 saturated heterocycles. The van der Waals surface area contributed by atoms with Crippen LogP contribution >= 0.6 is 11.6 Å². The molecule has 0 radical (unpaired) electrons. The molecule has 84 valence electrons. The Hall–Kier alpha value is -1.62. The number of nitrogens with zero attached hydrogens (tertiary/aromatic N) is 4. The van der Waals surface area contributed by atoms with Gasteiger partial charge in [0.2, 0.25) is 0 Å². The number of halogens is 1. The predicted molar refractivity (Wildman–Crippen MR) is 62.3 cm³/mol. The van der Waals surface area contributed by atoms with Crippen molar-refractivity contribution in [3.63, 3.8) is 0 Å². The summed E-state index contributed by atoms with van der Waals surface area (Å²) >= 11 is 5.90. The van der Waals surface area contributed by atoms with Crippen LogP contribution in [0.1, 0.15) is 18.7 Å². The topological polar surface area (TPSA) is 55.6 Å². The minimum Gasteiger partial charge on any atom is -0.359 e. The van der Waals surface area contributed by atoms with E-state index in [1.165, 1.54) is 0 Å². The Kier molecular flexibility index (Phi) is 3.05. The number of aryl methyl sites for hydroxylation is 1. The minimum absolute atomic E-state index is 0.0374. The second kappa shape index (κ2) is 4.49. The zero-order valence-electron chi connectivity index (χ0n) is 9.05. The first-order valence-electron chi connectivity index (χ1n) is 4.89. The third-order valence-corrected chi connectivity index (χ3v) is 2.46. The first-order valence-corrected chi connectivity index (χ1v) is 5.27. The molecule has 2 rings (SSSR count). The lowest BCUT2D eigenvalue weighted by molar-refractivity contribution is 0.716. The Bertz CT molecular complexity index is 482. The van der Waals surface area contributed by atoms with Crippen molar-refractivity contribution in [1.82, 2.24) is 19.7 Å². The van der Waals surface area contributed by atoms with E-state index in [0.717, 1.165) is 5.69 Å². The van der Waals surface area contributed by atoms with Gasteiger partial charge in [0, 0.05) is 25.6 Å². The van der Waals surface area contributed by atoms with E-state index in [-0.39, 0.29) is 6.04 Å². The van der Waals surface area contributed by atoms with Crippen LogP contribution in [0.5, 0.6) is 0 Å². The van der Waals surface area contributed by atoms with E-state index in [0.29, 0.717) is 11.0 Å². The van der Waals surface area contributed by atoms with Crippen LogP contribution in [-0.4, -0.2) is 19.7 Å². The van der Waals surface area contributed by atoms with Crippen LogP contribution in [0.3, 0.4) is 0 Å². The third kappa shape index (κ3) is 2.30. The number of hydrogen-bond acceptors (Lipinski definition) is 4. The van der Waals surface area contributed by atoms with Crippen molar-refractivity contribution in [2.24, 2.45) is 7.05 Å².